The highest BCUT2D eigenvalue weighted by Gasteiger charge is 2.43. The predicted octanol–water partition coefficient (Wildman–Crippen LogP) is 8.82. The molecular formula is C40H38Cl2F2N4O2. The van der Waals surface area contributed by atoms with Crippen LogP contribution in [-0.4, -0.2) is 54.2 Å². The van der Waals surface area contributed by atoms with Crippen LogP contribution in [-0.2, 0) is 9.59 Å². The Labute approximate surface area is 301 Å². The molecule has 50 heavy (non-hydrogen) atoms. The van der Waals surface area contributed by atoms with Crippen molar-refractivity contribution in [3.8, 4) is 0 Å². The molecule has 0 aromatic heterocycles. The van der Waals surface area contributed by atoms with Crippen LogP contribution in [0.1, 0.15) is 55.5 Å². The van der Waals surface area contributed by atoms with Crippen LogP contribution >= 0.6 is 23.2 Å². The van der Waals surface area contributed by atoms with Gasteiger partial charge < -0.3 is 15.1 Å². The molecule has 0 radical (unpaired) electrons. The third kappa shape index (κ3) is 6.89. The zero-order chi connectivity index (χ0) is 35.2. The van der Waals surface area contributed by atoms with Gasteiger partial charge in [-0.2, -0.15) is 0 Å². The Balaban J connectivity index is 1.20. The van der Waals surface area contributed by atoms with Gasteiger partial charge in [-0.1, -0.05) is 79.5 Å². The van der Waals surface area contributed by atoms with Gasteiger partial charge in [0.25, 0.3) is 0 Å². The number of anilines is 2. The fourth-order valence-electron chi connectivity index (χ4n) is 7.65. The van der Waals surface area contributed by atoms with Crippen LogP contribution in [0.25, 0.3) is 0 Å². The minimum absolute atomic E-state index is 0.00905. The van der Waals surface area contributed by atoms with Crippen LogP contribution in [0.3, 0.4) is 0 Å². The van der Waals surface area contributed by atoms with Crippen LogP contribution in [0.4, 0.5) is 20.2 Å². The van der Waals surface area contributed by atoms with Gasteiger partial charge in [0.2, 0.25) is 5.91 Å². The number of Topliss-reactive ketones (excluding diaryl/α,β-unsaturated/α-hetero) is 1. The molecule has 10 heteroatoms. The van der Waals surface area contributed by atoms with Crippen molar-refractivity contribution < 1.29 is 18.4 Å². The van der Waals surface area contributed by atoms with E-state index in [4.69, 9.17) is 23.2 Å². The molecule has 6 nitrogen and oxygen atoms in total. The number of carbonyl (C=O) groups excluding carboxylic acids is 2. The number of fused-ring (bicyclic) bond motifs is 1. The number of amides is 1. The molecule has 4 aromatic rings. The number of rotatable bonds is 6. The smallest absolute Gasteiger partial charge is 0.242 e. The Kier molecular flexibility index (Phi) is 9.46. The normalized spacial score (nSPS) is 19.2. The summed E-state index contributed by atoms with van der Waals surface area (Å²) in [6.07, 6.45) is 1.04. The van der Waals surface area contributed by atoms with Crippen molar-refractivity contribution in [3.63, 3.8) is 0 Å². The average molecular weight is 716 g/mol. The van der Waals surface area contributed by atoms with Gasteiger partial charge in [-0.15, -0.1) is 0 Å². The Morgan fingerprint density at radius 3 is 2.10 bits per heavy atom. The van der Waals surface area contributed by atoms with E-state index in [0.717, 1.165) is 28.2 Å². The van der Waals surface area contributed by atoms with Crippen molar-refractivity contribution >= 4 is 46.3 Å². The standard InChI is InChI=1S/C40H38Cl2F2N4O2/c1-40(2)22-33-37(35(49)23-40)39(30-16-11-27(41)21-31(30)42)48(34-6-4-3-5-32(34)45-33)24-36(50)46-17-19-47(20-18-46)38(25-7-12-28(43)13-8-25)26-9-14-29(44)15-10-26/h3-16,21,38-39,45H,17-20,22-24H2,1-2H3. The summed E-state index contributed by atoms with van der Waals surface area (Å²) >= 11 is 13.2. The first kappa shape index (κ1) is 34.2. The zero-order valence-corrected chi connectivity index (χ0v) is 29.4. The summed E-state index contributed by atoms with van der Waals surface area (Å²) in [6, 6.07) is 25.0. The summed E-state index contributed by atoms with van der Waals surface area (Å²) in [7, 11) is 0. The van der Waals surface area contributed by atoms with E-state index in [2.05, 4.69) is 24.1 Å². The molecule has 1 unspecified atom stereocenters. The quantitative estimate of drug-likeness (QED) is 0.216. The highest BCUT2D eigenvalue weighted by molar-refractivity contribution is 6.35. The first-order chi connectivity index (χ1) is 24.0. The highest BCUT2D eigenvalue weighted by Crippen LogP contribution is 2.49. The lowest BCUT2D eigenvalue weighted by Gasteiger charge is -2.42. The number of hydrogen-bond acceptors (Lipinski definition) is 5. The van der Waals surface area contributed by atoms with Crippen molar-refractivity contribution in [2.45, 2.75) is 38.8 Å². The van der Waals surface area contributed by atoms with E-state index in [9.17, 15) is 18.4 Å². The van der Waals surface area contributed by atoms with Gasteiger partial charge in [-0.3, -0.25) is 14.5 Å². The topological polar surface area (TPSA) is 55.9 Å². The molecule has 1 fully saturated rings. The molecule has 1 amide bonds. The van der Waals surface area contributed by atoms with Gasteiger partial charge in [0.15, 0.2) is 5.78 Å². The van der Waals surface area contributed by atoms with Crippen molar-refractivity contribution in [1.29, 1.82) is 0 Å². The van der Waals surface area contributed by atoms with E-state index in [1.807, 2.05) is 40.1 Å². The first-order valence-corrected chi connectivity index (χ1v) is 17.6. The number of allylic oxidation sites excluding steroid dienone is 1. The van der Waals surface area contributed by atoms with Gasteiger partial charge in [0.1, 0.15) is 11.6 Å². The molecule has 0 spiro atoms. The second kappa shape index (κ2) is 13.8. The summed E-state index contributed by atoms with van der Waals surface area (Å²) in [5, 5.41) is 4.49. The number of para-hydroxylation sites is 2. The fourth-order valence-corrected chi connectivity index (χ4v) is 8.17. The molecule has 0 bridgehead atoms. The molecule has 2 aliphatic heterocycles. The summed E-state index contributed by atoms with van der Waals surface area (Å²) in [4.78, 5) is 34.5. The zero-order valence-electron chi connectivity index (χ0n) is 27.9. The van der Waals surface area contributed by atoms with Crippen LogP contribution in [0, 0.1) is 17.0 Å². The van der Waals surface area contributed by atoms with Crippen LogP contribution in [0.15, 0.2) is 102 Å². The SMILES string of the molecule is CC1(C)CC(=O)C2=C(C1)Nc1ccccc1N(CC(=O)N1CCN(C(c3ccc(F)cc3)c3ccc(F)cc3)CC1)C2c1ccc(Cl)cc1Cl. The molecule has 0 saturated carbocycles. The number of ketones is 1. The van der Waals surface area contributed by atoms with Crippen molar-refractivity contribution in [1.82, 2.24) is 9.80 Å². The molecule has 2 heterocycles. The minimum atomic E-state index is -0.624. The fraction of sp³-hybridized carbons (Fsp3) is 0.300. The number of nitrogens with zero attached hydrogens (tertiary/aromatic N) is 3. The lowest BCUT2D eigenvalue weighted by Crippen LogP contribution is -2.52. The van der Waals surface area contributed by atoms with Crippen LogP contribution in [0.5, 0.6) is 0 Å². The third-order valence-electron chi connectivity index (χ3n) is 9.97. The molecule has 1 N–H and O–H groups in total. The van der Waals surface area contributed by atoms with Crippen LogP contribution < -0.4 is 10.2 Å². The average Bonchev–Trinajstić information content (AvgIpc) is 3.20. The molecule has 4 aromatic carbocycles. The van der Waals surface area contributed by atoms with E-state index in [1.54, 1.807) is 36.4 Å². The number of piperazine rings is 1. The number of halogens is 4. The van der Waals surface area contributed by atoms with E-state index in [1.165, 1.54) is 24.3 Å². The Morgan fingerprint density at radius 2 is 1.48 bits per heavy atom. The molecule has 258 valence electrons. The van der Waals surface area contributed by atoms with E-state index < -0.39 is 6.04 Å². The molecule has 1 aliphatic carbocycles. The van der Waals surface area contributed by atoms with E-state index in [0.29, 0.717) is 60.2 Å². The molecule has 3 aliphatic rings. The van der Waals surface area contributed by atoms with Gasteiger partial charge in [-0.05, 0) is 77.1 Å². The summed E-state index contributed by atoms with van der Waals surface area (Å²) in [6.45, 7) is 6.22. The molecule has 1 atom stereocenters. The number of nitrogens with one attached hydrogen (secondary N) is 1. The maximum Gasteiger partial charge on any atom is 0.242 e. The Morgan fingerprint density at radius 1 is 0.860 bits per heavy atom. The van der Waals surface area contributed by atoms with E-state index >= 15 is 0 Å². The van der Waals surface area contributed by atoms with Crippen LogP contribution in [0.2, 0.25) is 10.0 Å². The monoisotopic (exact) mass is 714 g/mol. The molecular weight excluding hydrogens is 677 g/mol. The van der Waals surface area contributed by atoms with Crippen molar-refractivity contribution in [2.75, 3.05) is 42.9 Å². The second-order valence-corrected chi connectivity index (χ2v) is 14.9. The summed E-state index contributed by atoms with van der Waals surface area (Å²) < 4.78 is 27.7. The number of hydrogen-bond donors (Lipinski definition) is 1. The second-order valence-electron chi connectivity index (χ2n) is 14.1. The van der Waals surface area contributed by atoms with Crippen molar-refractivity contribution in [3.05, 3.63) is 141 Å². The maximum atomic E-state index is 14.3. The molecule has 7 rings (SSSR count). The maximum absolute atomic E-state index is 14.3. The number of benzene rings is 4. The minimum Gasteiger partial charge on any atom is -0.357 e. The summed E-state index contributed by atoms with van der Waals surface area (Å²) in [5.74, 6) is -0.715. The Bertz CT molecular complexity index is 1910. The van der Waals surface area contributed by atoms with Crippen molar-refractivity contribution in [2.24, 2.45) is 5.41 Å². The molecule has 1 saturated heterocycles. The summed E-state index contributed by atoms with van der Waals surface area (Å²) in [5.41, 5.74) is 5.30. The third-order valence-corrected chi connectivity index (χ3v) is 10.5. The largest absolute Gasteiger partial charge is 0.357 e. The van der Waals surface area contributed by atoms with E-state index in [-0.39, 0.29) is 41.3 Å². The van der Waals surface area contributed by atoms with Gasteiger partial charge >= 0.3 is 0 Å². The Hall–Kier alpha value is -4.24. The van der Waals surface area contributed by atoms with Gasteiger partial charge in [0.05, 0.1) is 30.0 Å². The lowest BCUT2D eigenvalue weighted by atomic mass is 9.73. The highest BCUT2D eigenvalue weighted by atomic mass is 35.5. The predicted molar refractivity (Wildman–Crippen MR) is 194 cm³/mol. The lowest BCUT2D eigenvalue weighted by molar-refractivity contribution is -0.131. The van der Waals surface area contributed by atoms with Gasteiger partial charge in [0, 0.05) is 53.9 Å². The first-order valence-electron chi connectivity index (χ1n) is 16.8. The van der Waals surface area contributed by atoms with Gasteiger partial charge in [-0.25, -0.2) is 8.78 Å². The number of carbonyl (C=O) groups is 2.